The van der Waals surface area contributed by atoms with Crippen LogP contribution in [-0.4, -0.2) is 52.9 Å². The Balaban J connectivity index is 0.00000242. The second-order valence-corrected chi connectivity index (χ2v) is 7.14. The Hall–Kier alpha value is -0.690. The molecule has 22 heavy (non-hydrogen) atoms. The van der Waals surface area contributed by atoms with Gasteiger partial charge in [-0.05, 0) is 19.3 Å². The first-order valence-electron chi connectivity index (χ1n) is 7.65. The summed E-state index contributed by atoms with van der Waals surface area (Å²) in [6, 6.07) is -0.377. The van der Waals surface area contributed by atoms with Crippen molar-refractivity contribution in [1.82, 2.24) is 14.8 Å². The molecule has 0 aliphatic carbocycles. The molecule has 1 fully saturated rings. The zero-order chi connectivity index (χ0) is 15.4. The molecular weight excluding hydrogens is 320 g/mol. The van der Waals surface area contributed by atoms with Crippen molar-refractivity contribution >= 4 is 29.7 Å². The summed E-state index contributed by atoms with van der Waals surface area (Å²) < 4.78 is 0. The van der Waals surface area contributed by atoms with E-state index >= 15 is 0 Å². The Bertz CT molecular complexity index is 480. The molecule has 5 nitrogen and oxygen atoms in total. The van der Waals surface area contributed by atoms with E-state index in [1.165, 1.54) is 0 Å². The second-order valence-electron chi connectivity index (χ2n) is 6.08. The number of amides is 1. The van der Waals surface area contributed by atoms with E-state index in [2.05, 4.69) is 15.3 Å². The zero-order valence-electron chi connectivity index (χ0n) is 13.6. The second kappa shape index (κ2) is 8.82. The number of thiazole rings is 1. The molecule has 1 saturated heterocycles. The minimum atomic E-state index is -0.377. The smallest absolute Gasteiger partial charge is 0.239 e. The average molecular weight is 347 g/mol. The summed E-state index contributed by atoms with van der Waals surface area (Å²) in [4.78, 5) is 21.2. The summed E-state index contributed by atoms with van der Waals surface area (Å²) in [7, 11) is 0. The Morgan fingerprint density at radius 1 is 1.36 bits per heavy atom. The Kier molecular flexibility index (Phi) is 7.76. The minimum absolute atomic E-state index is 0. The lowest BCUT2D eigenvalue weighted by molar-refractivity contribution is -0.133. The SMILES string of the molecule is Cc1nc(CN2CCCN(C(=O)[C@@H](N)C(C)C)CC2)cs1.Cl. The van der Waals surface area contributed by atoms with Gasteiger partial charge in [-0.3, -0.25) is 9.69 Å². The van der Waals surface area contributed by atoms with Gasteiger partial charge in [0, 0.05) is 38.1 Å². The Morgan fingerprint density at radius 2 is 2.09 bits per heavy atom. The fourth-order valence-electron chi connectivity index (χ4n) is 2.56. The van der Waals surface area contributed by atoms with Crippen molar-refractivity contribution < 1.29 is 4.79 Å². The van der Waals surface area contributed by atoms with Crippen LogP contribution in [0.4, 0.5) is 0 Å². The topological polar surface area (TPSA) is 62.5 Å². The largest absolute Gasteiger partial charge is 0.340 e. The number of carbonyl (C=O) groups excluding carboxylic acids is 1. The lowest BCUT2D eigenvalue weighted by Gasteiger charge is -2.26. The monoisotopic (exact) mass is 346 g/mol. The fourth-order valence-corrected chi connectivity index (χ4v) is 3.16. The van der Waals surface area contributed by atoms with Gasteiger partial charge in [0.25, 0.3) is 0 Å². The number of nitrogens with two attached hydrogens (primary N) is 1. The van der Waals surface area contributed by atoms with Gasteiger partial charge in [0.1, 0.15) is 0 Å². The standard InChI is InChI=1S/C15H26N4OS.ClH/c1-11(2)14(16)15(20)19-6-4-5-18(7-8-19)9-13-10-21-12(3)17-13;/h10-11,14H,4-9,16H2,1-3H3;1H/t14-;/m0./s1. The molecule has 0 bridgehead atoms. The number of aromatic nitrogens is 1. The van der Waals surface area contributed by atoms with Gasteiger partial charge >= 0.3 is 0 Å². The maximum Gasteiger partial charge on any atom is 0.239 e. The molecule has 0 spiro atoms. The van der Waals surface area contributed by atoms with Gasteiger partial charge in [0.2, 0.25) is 5.91 Å². The van der Waals surface area contributed by atoms with Gasteiger partial charge in [-0.1, -0.05) is 13.8 Å². The molecule has 1 aliphatic heterocycles. The summed E-state index contributed by atoms with van der Waals surface area (Å²) in [5.41, 5.74) is 7.12. The Morgan fingerprint density at radius 3 is 2.68 bits per heavy atom. The predicted molar refractivity (Wildman–Crippen MR) is 93.4 cm³/mol. The van der Waals surface area contributed by atoms with Gasteiger partial charge in [0.15, 0.2) is 0 Å². The van der Waals surface area contributed by atoms with Crippen LogP contribution in [0.15, 0.2) is 5.38 Å². The Labute approximate surface area is 143 Å². The van der Waals surface area contributed by atoms with Crippen molar-refractivity contribution in [3.63, 3.8) is 0 Å². The number of rotatable bonds is 4. The summed E-state index contributed by atoms with van der Waals surface area (Å²) >= 11 is 1.69. The van der Waals surface area contributed by atoms with Gasteiger partial charge in [-0.25, -0.2) is 4.98 Å². The molecule has 1 aromatic heterocycles. The van der Waals surface area contributed by atoms with Crippen LogP contribution in [-0.2, 0) is 11.3 Å². The van der Waals surface area contributed by atoms with Gasteiger partial charge < -0.3 is 10.6 Å². The minimum Gasteiger partial charge on any atom is -0.340 e. The van der Waals surface area contributed by atoms with Crippen LogP contribution in [0.5, 0.6) is 0 Å². The fraction of sp³-hybridized carbons (Fsp3) is 0.733. The quantitative estimate of drug-likeness (QED) is 0.904. The van der Waals surface area contributed by atoms with E-state index in [-0.39, 0.29) is 30.3 Å². The van der Waals surface area contributed by atoms with Crippen molar-refractivity contribution in [1.29, 1.82) is 0 Å². The molecule has 7 heteroatoms. The van der Waals surface area contributed by atoms with E-state index in [4.69, 9.17) is 5.73 Å². The molecule has 2 rings (SSSR count). The highest BCUT2D eigenvalue weighted by molar-refractivity contribution is 7.09. The van der Waals surface area contributed by atoms with Crippen LogP contribution < -0.4 is 5.73 Å². The van der Waals surface area contributed by atoms with E-state index in [0.717, 1.165) is 49.8 Å². The highest BCUT2D eigenvalue weighted by Crippen LogP contribution is 2.13. The lowest BCUT2D eigenvalue weighted by atomic mass is 10.0. The number of hydrogen-bond acceptors (Lipinski definition) is 5. The van der Waals surface area contributed by atoms with E-state index < -0.39 is 0 Å². The lowest BCUT2D eigenvalue weighted by Crippen LogP contribution is -2.47. The molecule has 1 amide bonds. The van der Waals surface area contributed by atoms with Crippen molar-refractivity contribution in [3.05, 3.63) is 16.1 Å². The van der Waals surface area contributed by atoms with E-state index in [0.29, 0.717) is 0 Å². The molecule has 1 aromatic rings. The van der Waals surface area contributed by atoms with Crippen molar-refractivity contribution in [2.45, 2.75) is 39.8 Å². The highest BCUT2D eigenvalue weighted by Gasteiger charge is 2.25. The normalized spacial score (nSPS) is 18.0. The number of nitrogens with zero attached hydrogens (tertiary/aromatic N) is 3. The molecule has 0 aromatic carbocycles. The van der Waals surface area contributed by atoms with Crippen LogP contribution >= 0.6 is 23.7 Å². The maximum atomic E-state index is 12.3. The molecule has 2 N–H and O–H groups in total. The van der Waals surface area contributed by atoms with Crippen molar-refractivity contribution in [3.8, 4) is 0 Å². The first-order chi connectivity index (χ1) is 9.97. The summed E-state index contributed by atoms with van der Waals surface area (Å²) in [5, 5.41) is 3.23. The third kappa shape index (κ3) is 5.19. The van der Waals surface area contributed by atoms with Crippen LogP contribution in [0.2, 0.25) is 0 Å². The van der Waals surface area contributed by atoms with E-state index in [1.54, 1.807) is 11.3 Å². The zero-order valence-corrected chi connectivity index (χ0v) is 15.3. The molecule has 0 radical (unpaired) electrons. The first kappa shape index (κ1) is 19.4. The van der Waals surface area contributed by atoms with Crippen LogP contribution in [0, 0.1) is 12.8 Å². The number of hydrogen-bond donors (Lipinski definition) is 1. The van der Waals surface area contributed by atoms with Crippen LogP contribution in [0.25, 0.3) is 0 Å². The summed E-state index contributed by atoms with van der Waals surface area (Å²) in [6.45, 7) is 10.4. The molecule has 1 atom stereocenters. The average Bonchev–Trinajstić information content (AvgIpc) is 2.72. The molecular formula is C15H27ClN4OS. The van der Waals surface area contributed by atoms with Gasteiger partial charge in [-0.2, -0.15) is 0 Å². The van der Waals surface area contributed by atoms with E-state index in [1.807, 2.05) is 25.7 Å². The number of aryl methyl sites for hydroxylation is 1. The molecule has 126 valence electrons. The van der Waals surface area contributed by atoms with Gasteiger partial charge in [-0.15, -0.1) is 23.7 Å². The molecule has 0 unspecified atom stereocenters. The van der Waals surface area contributed by atoms with Crippen molar-refractivity contribution in [2.24, 2.45) is 11.7 Å². The van der Waals surface area contributed by atoms with Crippen molar-refractivity contribution in [2.75, 3.05) is 26.2 Å². The first-order valence-corrected chi connectivity index (χ1v) is 8.53. The third-order valence-corrected chi connectivity index (χ3v) is 4.78. The number of halogens is 1. The highest BCUT2D eigenvalue weighted by atomic mass is 35.5. The summed E-state index contributed by atoms with van der Waals surface area (Å²) in [6.07, 6.45) is 1.000. The van der Waals surface area contributed by atoms with Gasteiger partial charge in [0.05, 0.1) is 16.7 Å². The molecule has 1 aliphatic rings. The number of carbonyl (C=O) groups is 1. The van der Waals surface area contributed by atoms with Crippen LogP contribution in [0.3, 0.4) is 0 Å². The molecule has 0 saturated carbocycles. The third-order valence-electron chi connectivity index (χ3n) is 3.96. The maximum absolute atomic E-state index is 12.3. The molecule has 2 heterocycles. The van der Waals surface area contributed by atoms with E-state index in [9.17, 15) is 4.79 Å². The summed E-state index contributed by atoms with van der Waals surface area (Å²) in [5.74, 6) is 0.284. The van der Waals surface area contributed by atoms with Crippen LogP contribution in [0.1, 0.15) is 31.0 Å². The predicted octanol–water partition coefficient (Wildman–Crippen LogP) is 1.89.